The number of nitrogens with zero attached hydrogens (tertiary/aromatic N) is 1. The van der Waals surface area contributed by atoms with E-state index in [0.717, 1.165) is 30.8 Å². The Morgan fingerprint density at radius 3 is 2.70 bits per heavy atom. The summed E-state index contributed by atoms with van der Waals surface area (Å²) in [5.74, 6) is 1.58. The Hall–Kier alpha value is -1.87. The standard InChI is InChI=1S/C17H22N2O/c1-4-15-8-6-7-9-16(15)20-17-13(3)10-14(12-19-17)11-18-5-2/h6-10,12,18H,4-5,11H2,1-3H3. The summed E-state index contributed by atoms with van der Waals surface area (Å²) in [5.41, 5.74) is 3.44. The first-order chi connectivity index (χ1) is 9.74. The third-order valence-corrected chi connectivity index (χ3v) is 3.23. The highest BCUT2D eigenvalue weighted by Gasteiger charge is 2.07. The maximum absolute atomic E-state index is 5.96. The van der Waals surface area contributed by atoms with Gasteiger partial charge in [0.05, 0.1) is 0 Å². The molecule has 0 saturated carbocycles. The van der Waals surface area contributed by atoms with Gasteiger partial charge in [0.2, 0.25) is 5.88 Å². The molecule has 2 aromatic rings. The fraction of sp³-hybridized carbons (Fsp3) is 0.353. The number of hydrogen-bond donors (Lipinski definition) is 1. The molecule has 0 aliphatic rings. The van der Waals surface area contributed by atoms with Gasteiger partial charge >= 0.3 is 0 Å². The third-order valence-electron chi connectivity index (χ3n) is 3.23. The molecule has 1 aromatic heterocycles. The number of hydrogen-bond acceptors (Lipinski definition) is 3. The van der Waals surface area contributed by atoms with Crippen molar-refractivity contribution in [3.8, 4) is 11.6 Å². The van der Waals surface area contributed by atoms with Gasteiger partial charge in [0.1, 0.15) is 5.75 Å². The van der Waals surface area contributed by atoms with Gasteiger partial charge in [-0.3, -0.25) is 0 Å². The van der Waals surface area contributed by atoms with Crippen molar-refractivity contribution in [1.29, 1.82) is 0 Å². The van der Waals surface area contributed by atoms with Gasteiger partial charge in [0.15, 0.2) is 0 Å². The third kappa shape index (κ3) is 3.58. The van der Waals surface area contributed by atoms with Crippen LogP contribution in [-0.4, -0.2) is 11.5 Å². The minimum absolute atomic E-state index is 0.686. The zero-order valence-electron chi connectivity index (χ0n) is 12.4. The van der Waals surface area contributed by atoms with E-state index < -0.39 is 0 Å². The fourth-order valence-corrected chi connectivity index (χ4v) is 2.09. The Morgan fingerprint density at radius 1 is 1.20 bits per heavy atom. The van der Waals surface area contributed by atoms with Gasteiger partial charge in [0, 0.05) is 18.3 Å². The first-order valence-corrected chi connectivity index (χ1v) is 7.16. The van der Waals surface area contributed by atoms with Crippen LogP contribution in [0.2, 0.25) is 0 Å². The fourth-order valence-electron chi connectivity index (χ4n) is 2.09. The summed E-state index contributed by atoms with van der Waals surface area (Å²) in [6, 6.07) is 10.2. The van der Waals surface area contributed by atoms with Crippen LogP contribution in [0.1, 0.15) is 30.5 Å². The lowest BCUT2D eigenvalue weighted by Gasteiger charge is -2.12. The lowest BCUT2D eigenvalue weighted by molar-refractivity contribution is 0.453. The molecular weight excluding hydrogens is 248 g/mol. The van der Waals surface area contributed by atoms with E-state index in [-0.39, 0.29) is 0 Å². The molecule has 20 heavy (non-hydrogen) atoms. The molecule has 0 atom stereocenters. The Bertz CT molecular complexity index is 567. The van der Waals surface area contributed by atoms with Crippen LogP contribution in [0.15, 0.2) is 36.5 Å². The van der Waals surface area contributed by atoms with Crippen LogP contribution in [0, 0.1) is 6.92 Å². The van der Waals surface area contributed by atoms with Crippen molar-refractivity contribution in [3.05, 3.63) is 53.2 Å². The van der Waals surface area contributed by atoms with Crippen LogP contribution in [0.5, 0.6) is 11.6 Å². The zero-order valence-corrected chi connectivity index (χ0v) is 12.4. The van der Waals surface area contributed by atoms with Crippen molar-refractivity contribution in [1.82, 2.24) is 10.3 Å². The van der Waals surface area contributed by atoms with Gasteiger partial charge in [-0.15, -0.1) is 0 Å². The maximum Gasteiger partial charge on any atom is 0.222 e. The van der Waals surface area contributed by atoms with Crippen LogP contribution in [0.4, 0.5) is 0 Å². The average molecular weight is 270 g/mol. The number of benzene rings is 1. The Balaban J connectivity index is 2.17. The molecule has 0 amide bonds. The summed E-state index contributed by atoms with van der Waals surface area (Å²) >= 11 is 0. The number of nitrogens with one attached hydrogen (secondary N) is 1. The molecule has 0 spiro atoms. The number of aryl methyl sites for hydroxylation is 2. The molecule has 0 unspecified atom stereocenters. The predicted molar refractivity (Wildman–Crippen MR) is 82.2 cm³/mol. The molecule has 0 aliphatic heterocycles. The van der Waals surface area contributed by atoms with Crippen LogP contribution in [0.3, 0.4) is 0 Å². The van der Waals surface area contributed by atoms with Crippen LogP contribution < -0.4 is 10.1 Å². The summed E-state index contributed by atoms with van der Waals surface area (Å²) in [6.07, 6.45) is 2.83. The van der Waals surface area contributed by atoms with Gasteiger partial charge < -0.3 is 10.1 Å². The van der Waals surface area contributed by atoms with Gasteiger partial charge in [0.25, 0.3) is 0 Å². The Kier molecular flexibility index (Phi) is 5.13. The molecule has 0 saturated heterocycles. The number of rotatable bonds is 6. The number of pyridine rings is 1. The predicted octanol–water partition coefficient (Wildman–Crippen LogP) is 3.85. The molecule has 0 bridgehead atoms. The van der Waals surface area contributed by atoms with E-state index in [0.29, 0.717) is 5.88 Å². The molecule has 106 valence electrons. The van der Waals surface area contributed by atoms with E-state index in [1.165, 1.54) is 11.1 Å². The zero-order chi connectivity index (χ0) is 14.4. The number of para-hydroxylation sites is 1. The molecule has 1 heterocycles. The van der Waals surface area contributed by atoms with Crippen molar-refractivity contribution < 1.29 is 4.74 Å². The SMILES string of the molecule is CCNCc1cnc(Oc2ccccc2CC)c(C)c1. The topological polar surface area (TPSA) is 34.2 Å². The van der Waals surface area contributed by atoms with Crippen LogP contribution in [-0.2, 0) is 13.0 Å². The normalized spacial score (nSPS) is 10.6. The van der Waals surface area contributed by atoms with Gasteiger partial charge in [-0.05, 0) is 43.1 Å². The van der Waals surface area contributed by atoms with Gasteiger partial charge in [-0.25, -0.2) is 4.98 Å². The second kappa shape index (κ2) is 7.06. The lowest BCUT2D eigenvalue weighted by Crippen LogP contribution is -2.12. The molecule has 0 radical (unpaired) electrons. The van der Waals surface area contributed by atoms with E-state index in [1.54, 1.807) is 0 Å². The minimum Gasteiger partial charge on any atom is -0.438 e. The van der Waals surface area contributed by atoms with Crippen molar-refractivity contribution in [3.63, 3.8) is 0 Å². The molecule has 3 heteroatoms. The highest BCUT2D eigenvalue weighted by Crippen LogP contribution is 2.26. The second-order valence-corrected chi connectivity index (χ2v) is 4.81. The van der Waals surface area contributed by atoms with Crippen molar-refractivity contribution in [2.75, 3.05) is 6.54 Å². The highest BCUT2D eigenvalue weighted by atomic mass is 16.5. The number of aromatic nitrogens is 1. The Morgan fingerprint density at radius 2 is 2.00 bits per heavy atom. The monoisotopic (exact) mass is 270 g/mol. The summed E-state index contributed by atoms with van der Waals surface area (Å²) in [6.45, 7) is 8.06. The van der Waals surface area contributed by atoms with Crippen molar-refractivity contribution in [2.24, 2.45) is 0 Å². The molecular formula is C17H22N2O. The highest BCUT2D eigenvalue weighted by molar-refractivity contribution is 5.38. The van der Waals surface area contributed by atoms with Crippen LogP contribution in [0.25, 0.3) is 0 Å². The maximum atomic E-state index is 5.96. The summed E-state index contributed by atoms with van der Waals surface area (Å²) in [7, 11) is 0. The van der Waals surface area contributed by atoms with Gasteiger partial charge in [-0.1, -0.05) is 32.0 Å². The summed E-state index contributed by atoms with van der Waals surface area (Å²) in [4.78, 5) is 4.44. The van der Waals surface area contributed by atoms with E-state index in [9.17, 15) is 0 Å². The minimum atomic E-state index is 0.686. The molecule has 0 aliphatic carbocycles. The van der Waals surface area contributed by atoms with Gasteiger partial charge in [-0.2, -0.15) is 0 Å². The Labute approximate surface area is 121 Å². The van der Waals surface area contributed by atoms with E-state index in [2.05, 4.69) is 36.3 Å². The summed E-state index contributed by atoms with van der Waals surface area (Å²) in [5, 5.41) is 3.30. The molecule has 2 rings (SSSR count). The molecule has 1 aromatic carbocycles. The van der Waals surface area contributed by atoms with Crippen LogP contribution >= 0.6 is 0 Å². The van der Waals surface area contributed by atoms with E-state index in [4.69, 9.17) is 4.74 Å². The van der Waals surface area contributed by atoms with E-state index >= 15 is 0 Å². The largest absolute Gasteiger partial charge is 0.438 e. The lowest BCUT2D eigenvalue weighted by atomic mass is 10.1. The first-order valence-electron chi connectivity index (χ1n) is 7.16. The summed E-state index contributed by atoms with van der Waals surface area (Å²) < 4.78 is 5.96. The van der Waals surface area contributed by atoms with E-state index in [1.807, 2.05) is 31.3 Å². The smallest absolute Gasteiger partial charge is 0.222 e. The molecule has 1 N–H and O–H groups in total. The second-order valence-electron chi connectivity index (χ2n) is 4.81. The quantitative estimate of drug-likeness (QED) is 0.865. The van der Waals surface area contributed by atoms with Crippen molar-refractivity contribution >= 4 is 0 Å². The average Bonchev–Trinajstić information content (AvgIpc) is 2.48. The van der Waals surface area contributed by atoms with Crippen molar-refractivity contribution in [2.45, 2.75) is 33.7 Å². The molecule has 3 nitrogen and oxygen atoms in total. The number of ether oxygens (including phenoxy) is 1. The molecule has 0 fully saturated rings. The first kappa shape index (κ1) is 14.5.